The Labute approximate surface area is 121 Å². The van der Waals surface area contributed by atoms with Gasteiger partial charge in [0.2, 0.25) is 0 Å². The standard InChI is InChI=1S/C17H24N2O/c18-13-16-9-5-2-6-10-17(16)19(11-12-20)14-15-7-3-1-4-8-15/h1,3-4,7-8,16-17,20H,2,5-6,9-12,14H2. The van der Waals surface area contributed by atoms with E-state index in [2.05, 4.69) is 23.1 Å². The van der Waals surface area contributed by atoms with Gasteiger partial charge in [-0.15, -0.1) is 0 Å². The molecule has 2 atom stereocenters. The van der Waals surface area contributed by atoms with Gasteiger partial charge in [0.05, 0.1) is 18.6 Å². The molecule has 0 heterocycles. The van der Waals surface area contributed by atoms with Crippen molar-refractivity contribution in [3.63, 3.8) is 0 Å². The third-order valence-electron chi connectivity index (χ3n) is 4.23. The van der Waals surface area contributed by atoms with E-state index in [1.165, 1.54) is 18.4 Å². The molecular formula is C17H24N2O. The predicted octanol–water partition coefficient (Wildman–Crippen LogP) is 2.95. The molecule has 0 amide bonds. The molecule has 2 rings (SSSR count). The third kappa shape index (κ3) is 4.06. The lowest BCUT2D eigenvalue weighted by Gasteiger charge is -2.33. The van der Waals surface area contributed by atoms with E-state index in [4.69, 9.17) is 0 Å². The van der Waals surface area contributed by atoms with E-state index in [9.17, 15) is 10.4 Å². The maximum absolute atomic E-state index is 9.43. The van der Waals surface area contributed by atoms with Crippen molar-refractivity contribution in [2.75, 3.05) is 13.2 Å². The van der Waals surface area contributed by atoms with Crippen LogP contribution in [0.4, 0.5) is 0 Å². The fourth-order valence-corrected chi connectivity index (χ4v) is 3.18. The highest BCUT2D eigenvalue weighted by molar-refractivity contribution is 5.15. The zero-order chi connectivity index (χ0) is 14.2. The van der Waals surface area contributed by atoms with Crippen LogP contribution in [0.2, 0.25) is 0 Å². The largest absolute Gasteiger partial charge is 0.395 e. The Morgan fingerprint density at radius 1 is 1.15 bits per heavy atom. The summed E-state index contributed by atoms with van der Waals surface area (Å²) in [5, 5.41) is 18.8. The molecule has 1 N–H and O–H groups in total. The Morgan fingerprint density at radius 2 is 1.90 bits per heavy atom. The van der Waals surface area contributed by atoms with Crippen molar-refractivity contribution in [1.82, 2.24) is 4.90 Å². The summed E-state index contributed by atoms with van der Waals surface area (Å²) in [6, 6.07) is 13.1. The van der Waals surface area contributed by atoms with E-state index in [-0.39, 0.29) is 18.6 Å². The van der Waals surface area contributed by atoms with Crippen molar-refractivity contribution in [1.29, 1.82) is 5.26 Å². The fourth-order valence-electron chi connectivity index (χ4n) is 3.18. The minimum absolute atomic E-state index is 0.104. The minimum Gasteiger partial charge on any atom is -0.395 e. The van der Waals surface area contributed by atoms with Gasteiger partial charge in [0.1, 0.15) is 0 Å². The summed E-state index contributed by atoms with van der Waals surface area (Å²) in [5.41, 5.74) is 1.25. The van der Waals surface area contributed by atoms with Crippen LogP contribution in [0.3, 0.4) is 0 Å². The predicted molar refractivity (Wildman–Crippen MR) is 79.9 cm³/mol. The minimum atomic E-state index is 0.104. The molecule has 1 aromatic carbocycles. The third-order valence-corrected chi connectivity index (χ3v) is 4.23. The number of hydrogen-bond donors (Lipinski definition) is 1. The zero-order valence-corrected chi connectivity index (χ0v) is 12.0. The van der Waals surface area contributed by atoms with E-state index >= 15 is 0 Å². The summed E-state index contributed by atoms with van der Waals surface area (Å²) in [4.78, 5) is 2.30. The molecule has 1 fully saturated rings. The second kappa shape index (κ2) is 8.04. The number of nitrogens with zero attached hydrogens (tertiary/aromatic N) is 2. The van der Waals surface area contributed by atoms with Crippen LogP contribution in [0.15, 0.2) is 30.3 Å². The number of aliphatic hydroxyl groups excluding tert-OH is 1. The molecule has 1 aromatic rings. The SMILES string of the molecule is N#CC1CCCCCC1N(CCO)Cc1ccccc1. The van der Waals surface area contributed by atoms with Crippen molar-refractivity contribution < 1.29 is 5.11 Å². The summed E-state index contributed by atoms with van der Waals surface area (Å²) in [5.74, 6) is 0.104. The molecule has 0 spiro atoms. The van der Waals surface area contributed by atoms with Gasteiger partial charge >= 0.3 is 0 Å². The Morgan fingerprint density at radius 3 is 2.60 bits per heavy atom. The zero-order valence-electron chi connectivity index (χ0n) is 12.0. The van der Waals surface area contributed by atoms with Crippen LogP contribution < -0.4 is 0 Å². The molecule has 108 valence electrons. The van der Waals surface area contributed by atoms with Gasteiger partial charge in [-0.1, -0.05) is 49.6 Å². The van der Waals surface area contributed by atoms with Gasteiger partial charge in [0.15, 0.2) is 0 Å². The topological polar surface area (TPSA) is 47.3 Å². The number of rotatable bonds is 5. The average Bonchev–Trinajstić information content (AvgIpc) is 2.73. The van der Waals surface area contributed by atoms with Crippen molar-refractivity contribution >= 4 is 0 Å². The van der Waals surface area contributed by atoms with E-state index in [1.54, 1.807) is 0 Å². The molecule has 3 nitrogen and oxygen atoms in total. The van der Waals surface area contributed by atoms with Gasteiger partial charge in [-0.2, -0.15) is 5.26 Å². The Balaban J connectivity index is 2.11. The van der Waals surface area contributed by atoms with Gasteiger partial charge in [-0.25, -0.2) is 0 Å². The molecule has 0 aliphatic heterocycles. The van der Waals surface area contributed by atoms with Gasteiger partial charge in [0.25, 0.3) is 0 Å². The van der Waals surface area contributed by atoms with Crippen LogP contribution >= 0.6 is 0 Å². The van der Waals surface area contributed by atoms with Gasteiger partial charge in [-0.05, 0) is 18.4 Å². The molecule has 1 aliphatic carbocycles. The molecule has 0 aromatic heterocycles. The fraction of sp³-hybridized carbons (Fsp3) is 0.588. The maximum atomic E-state index is 9.43. The molecule has 3 heteroatoms. The van der Waals surface area contributed by atoms with Gasteiger partial charge in [-0.3, -0.25) is 4.90 Å². The number of benzene rings is 1. The van der Waals surface area contributed by atoms with Crippen molar-refractivity contribution in [3.05, 3.63) is 35.9 Å². The van der Waals surface area contributed by atoms with E-state index in [1.807, 2.05) is 18.2 Å². The molecule has 0 bridgehead atoms. The highest BCUT2D eigenvalue weighted by Crippen LogP contribution is 2.28. The lowest BCUT2D eigenvalue weighted by molar-refractivity contribution is 0.114. The normalized spacial score (nSPS) is 23.2. The second-order valence-electron chi connectivity index (χ2n) is 5.62. The van der Waals surface area contributed by atoms with Crippen molar-refractivity contribution in [2.24, 2.45) is 5.92 Å². The molecule has 2 unspecified atom stereocenters. The summed E-state index contributed by atoms with van der Waals surface area (Å²) < 4.78 is 0. The molecule has 20 heavy (non-hydrogen) atoms. The molecular weight excluding hydrogens is 248 g/mol. The first kappa shape index (κ1) is 15.0. The molecule has 1 saturated carbocycles. The highest BCUT2D eigenvalue weighted by atomic mass is 16.3. The van der Waals surface area contributed by atoms with Gasteiger partial charge < -0.3 is 5.11 Å². The average molecular weight is 272 g/mol. The Hall–Kier alpha value is -1.37. The first-order valence-corrected chi connectivity index (χ1v) is 7.63. The van der Waals surface area contributed by atoms with Crippen LogP contribution in [-0.4, -0.2) is 29.2 Å². The van der Waals surface area contributed by atoms with Crippen LogP contribution in [0.1, 0.15) is 37.7 Å². The molecule has 1 aliphatic rings. The Bertz CT molecular complexity index is 426. The van der Waals surface area contributed by atoms with Crippen LogP contribution in [0.25, 0.3) is 0 Å². The number of nitriles is 1. The van der Waals surface area contributed by atoms with Crippen LogP contribution in [0, 0.1) is 17.2 Å². The van der Waals surface area contributed by atoms with Crippen molar-refractivity contribution in [2.45, 2.75) is 44.7 Å². The number of hydrogen-bond acceptors (Lipinski definition) is 3. The van der Waals surface area contributed by atoms with E-state index in [0.29, 0.717) is 6.54 Å². The number of aliphatic hydroxyl groups is 1. The van der Waals surface area contributed by atoms with Gasteiger partial charge in [0, 0.05) is 19.1 Å². The quantitative estimate of drug-likeness (QED) is 0.838. The van der Waals surface area contributed by atoms with Crippen LogP contribution in [-0.2, 0) is 6.54 Å². The highest BCUT2D eigenvalue weighted by Gasteiger charge is 2.28. The van der Waals surface area contributed by atoms with Crippen LogP contribution in [0.5, 0.6) is 0 Å². The molecule has 0 saturated heterocycles. The first-order valence-electron chi connectivity index (χ1n) is 7.63. The summed E-state index contributed by atoms with van der Waals surface area (Å²) in [6.45, 7) is 1.63. The lowest BCUT2D eigenvalue weighted by atomic mass is 9.94. The smallest absolute Gasteiger partial charge is 0.0672 e. The maximum Gasteiger partial charge on any atom is 0.0672 e. The first-order chi connectivity index (χ1) is 9.85. The summed E-state index contributed by atoms with van der Waals surface area (Å²) >= 11 is 0. The van der Waals surface area contributed by atoms with E-state index < -0.39 is 0 Å². The lowest BCUT2D eigenvalue weighted by Crippen LogP contribution is -2.41. The monoisotopic (exact) mass is 272 g/mol. The van der Waals surface area contributed by atoms with Crippen molar-refractivity contribution in [3.8, 4) is 6.07 Å². The second-order valence-corrected chi connectivity index (χ2v) is 5.62. The Kier molecular flexibility index (Phi) is 6.04. The van der Waals surface area contributed by atoms with E-state index in [0.717, 1.165) is 25.8 Å². The summed E-state index contributed by atoms with van der Waals surface area (Å²) in [6.07, 6.45) is 5.66. The summed E-state index contributed by atoms with van der Waals surface area (Å²) in [7, 11) is 0. The molecule has 0 radical (unpaired) electrons.